The van der Waals surface area contributed by atoms with Gasteiger partial charge >= 0.3 is 49.7 Å². The zero-order valence-electron chi connectivity index (χ0n) is 58.4. The van der Waals surface area contributed by atoms with Gasteiger partial charge in [0.1, 0.15) is 85.3 Å². The van der Waals surface area contributed by atoms with Crippen LogP contribution in [-0.2, 0) is 123 Å². The van der Waals surface area contributed by atoms with Crippen molar-refractivity contribution in [3.63, 3.8) is 0 Å². The number of aryl methyl sites for hydroxylation is 1. The maximum Gasteiger partial charge on any atom is 0.386 e. The summed E-state index contributed by atoms with van der Waals surface area (Å²) in [6, 6.07) is 2.72. The quantitative estimate of drug-likeness (QED) is 0.0129. The smallest absolute Gasteiger partial charge is 0.386 e. The van der Waals surface area contributed by atoms with Crippen molar-refractivity contribution in [1.29, 1.82) is 0 Å². The van der Waals surface area contributed by atoms with Crippen LogP contribution >= 0.6 is 55.1 Å². The van der Waals surface area contributed by atoms with Crippen LogP contribution in [0.4, 0.5) is 17.6 Å². The molecule has 0 radical (unpaired) electrons. The Kier molecular flexibility index (Phi) is 28.8. The number of methoxy groups -OCH3 is 2. The molecule has 11 heterocycles. The van der Waals surface area contributed by atoms with Gasteiger partial charge in [0, 0.05) is 64.0 Å². The van der Waals surface area contributed by atoms with Gasteiger partial charge in [0.15, 0.2) is 23.6 Å². The maximum atomic E-state index is 15.0. The van der Waals surface area contributed by atoms with E-state index in [1.165, 1.54) is 67.3 Å². The molecular weight excluding hydrogens is 1690 g/mol. The number of aliphatic hydroxyl groups excluding tert-OH is 1. The largest absolute Gasteiger partial charge is 0.394 e. The van der Waals surface area contributed by atoms with Crippen molar-refractivity contribution in [1.82, 2.24) is 57.7 Å². The van der Waals surface area contributed by atoms with Gasteiger partial charge in [-0.2, -0.15) is 15.0 Å². The minimum atomic E-state index is -4.78. The minimum absolute atomic E-state index is 0.0175. The lowest BCUT2D eigenvalue weighted by atomic mass is 10.0. The van der Waals surface area contributed by atoms with E-state index < -0.39 is 191 Å². The predicted molar refractivity (Wildman–Crippen MR) is 399 cm³/mol. The first-order valence-corrected chi connectivity index (χ1v) is 44.5. The first-order chi connectivity index (χ1) is 52.2. The average molecular weight is 1770 g/mol. The fourth-order valence-corrected chi connectivity index (χ4v) is 19.2. The van der Waals surface area contributed by atoms with Crippen molar-refractivity contribution in [3.8, 4) is 0 Å². The van der Waals surface area contributed by atoms with Crippen LogP contribution in [0.2, 0.25) is 0 Å². The summed E-state index contributed by atoms with van der Waals surface area (Å²) < 4.78 is 130. The highest BCUT2D eigenvalue weighted by Gasteiger charge is 2.54. The van der Waals surface area contributed by atoms with E-state index in [1.54, 1.807) is 0 Å². The number of H-pyrrole nitrogens is 3. The Morgan fingerprint density at radius 3 is 1.75 bits per heavy atom. The van der Waals surface area contributed by atoms with Crippen LogP contribution < -0.4 is 62.4 Å². The van der Waals surface area contributed by atoms with Gasteiger partial charge in [0.05, 0.1) is 89.1 Å². The molecule has 6 aromatic heterocycles. The lowest BCUT2D eigenvalue weighted by Crippen LogP contribution is -2.40. The molecule has 5 aliphatic heterocycles. The van der Waals surface area contributed by atoms with Gasteiger partial charge in [-0.1, -0.05) is 19.2 Å². The minimum Gasteiger partial charge on any atom is -0.394 e. The van der Waals surface area contributed by atoms with E-state index in [0.29, 0.717) is 19.6 Å². The standard InChI is InChI=1S/C56H79BrN16O29P4S4/c1-26-15-38(69-8-5-36(59)63-53(69)78)94-32(26)21-93-106(110,89-14-13-88-12-11-87-10-7-58)100-30-17-39(71-18-27(2)47(75)67-55(71)80)95-34(30)23-90-103(82,107)99-29-16-40(73-25-62-41-46(73)65-52(61)66-49(41)77)96-33(29)22-91-104(83,108)102-43-35(98-50(45(43)86-4)70-9-6-37(60)64-54(70)79)24-92-105(84,109)101-42-31(20-74)97-51(44(42)85-3)72-19-28(57)48(76)68-56(72)81/h5-6,8-9,18-19,25-26,29-35,38-40,42-45,50-51,74H,7,10-17,20-24,58H2,1-4H3,(H,82,107)(H,83,108)(H,84,109)(H2,59,63,78)(H2,60,64,79)(H,67,75,80)(H,68,76,81)(H3,61,65,66,77)/t26-,29-,30-,31?,32?,33?,34?,35?,38-,39-,40-,42?,43?,44?,45?,50?,51?,103?,104?,105?,106?/m1/s1. The van der Waals surface area contributed by atoms with Gasteiger partial charge in [-0.05, 0) is 82.7 Å². The van der Waals surface area contributed by atoms with Gasteiger partial charge in [-0.25, -0.2) is 28.7 Å². The van der Waals surface area contributed by atoms with Crippen molar-refractivity contribution >= 4 is 119 Å². The van der Waals surface area contributed by atoms with E-state index in [0.717, 1.165) is 19.9 Å². The first kappa shape index (κ1) is 85.9. The number of nitrogens with zero attached hydrogens (tertiary/aromatic N) is 9. The third-order valence-corrected chi connectivity index (χ3v) is 25.4. The summed E-state index contributed by atoms with van der Waals surface area (Å²) in [5.74, 6) is -0.690. The molecule has 54 heteroatoms. The van der Waals surface area contributed by atoms with Crippen molar-refractivity contribution < 1.29 is 103 Å². The molecule has 5 aliphatic rings. The van der Waals surface area contributed by atoms with E-state index in [-0.39, 0.29) is 90.6 Å². The number of hydrogen-bond acceptors (Lipinski definition) is 38. The molecule has 45 nitrogen and oxygen atoms in total. The number of nitrogens with one attached hydrogen (secondary N) is 3. The van der Waals surface area contributed by atoms with Crippen molar-refractivity contribution in [2.45, 2.75) is 131 Å². The number of ether oxygens (including phenoxy) is 9. The van der Waals surface area contributed by atoms with Crippen LogP contribution in [0.1, 0.15) is 62.9 Å². The first-order valence-electron chi connectivity index (χ1n) is 33.3. The molecule has 0 spiro atoms. The summed E-state index contributed by atoms with van der Waals surface area (Å²) in [6.07, 6.45) is -14.9. The molecule has 5 fully saturated rings. The Morgan fingerprint density at radius 1 is 0.600 bits per heavy atom. The molecule has 5 saturated heterocycles. The summed E-state index contributed by atoms with van der Waals surface area (Å²) in [4.78, 5) is 137. The summed E-state index contributed by atoms with van der Waals surface area (Å²) in [7, 11) is 2.41. The number of imidazole rings is 1. The maximum absolute atomic E-state index is 15.0. The predicted octanol–water partition coefficient (Wildman–Crippen LogP) is -0.821. The van der Waals surface area contributed by atoms with Gasteiger partial charge in [-0.15, -0.1) is 0 Å². The normalized spacial score (nSPS) is 29.2. The second-order valence-corrected chi connectivity index (χ2v) is 37.4. The summed E-state index contributed by atoms with van der Waals surface area (Å²) in [5.41, 5.74) is 17.4. The number of nitrogens with two attached hydrogens (primary N) is 4. The number of rotatable bonds is 37. The van der Waals surface area contributed by atoms with Crippen LogP contribution in [0, 0.1) is 12.8 Å². The molecule has 0 saturated carbocycles. The van der Waals surface area contributed by atoms with Gasteiger partial charge in [-0.3, -0.25) is 70.3 Å². The summed E-state index contributed by atoms with van der Waals surface area (Å²) in [6.45, 7) is -17.4. The molecule has 608 valence electrons. The van der Waals surface area contributed by atoms with Gasteiger partial charge in [0.2, 0.25) is 5.95 Å². The van der Waals surface area contributed by atoms with E-state index >= 15 is 0 Å². The molecule has 21 atom stereocenters. The van der Waals surface area contributed by atoms with Gasteiger partial charge < -0.3 is 103 Å². The van der Waals surface area contributed by atoms with Crippen LogP contribution in [-0.4, -0.2) is 227 Å². The van der Waals surface area contributed by atoms with Crippen LogP contribution in [0.15, 0.2) is 81.3 Å². The molecular formula is C56H79BrN16O29P4S4. The number of thiol groups is 1. The second-order valence-electron chi connectivity index (χ2n) is 25.1. The average Bonchev–Trinajstić information content (AvgIpc) is 1.60. The topological polar surface area (TPSA) is 591 Å². The molecule has 14 N–H and O–H groups in total. The number of fused-ring (bicyclic) bond motifs is 1. The Hall–Kier alpha value is -5.00. The Labute approximate surface area is 649 Å². The fraction of sp³-hybridized carbons (Fsp3) is 0.625. The Morgan fingerprint density at radius 2 is 1.13 bits per heavy atom. The number of hydrogen-bond donors (Lipinski definition) is 11. The van der Waals surface area contributed by atoms with Crippen LogP contribution in [0.5, 0.6) is 0 Å². The highest BCUT2D eigenvalue weighted by atomic mass is 79.9. The highest BCUT2D eigenvalue weighted by Crippen LogP contribution is 2.59. The molecule has 110 heavy (non-hydrogen) atoms. The third kappa shape index (κ3) is 20.8. The molecule has 11 rings (SSSR count). The highest BCUT2D eigenvalue weighted by molar-refractivity contribution is 9.10. The zero-order chi connectivity index (χ0) is 79.3. The number of anilines is 3. The Balaban J connectivity index is 0.829. The molecule has 0 aromatic carbocycles. The number of nitrogen functional groups attached to an aromatic ring is 3. The lowest BCUT2D eigenvalue weighted by molar-refractivity contribution is -0.0634. The van der Waals surface area contributed by atoms with E-state index in [9.17, 15) is 53.0 Å². The fourth-order valence-electron chi connectivity index (χ4n) is 12.4. The lowest BCUT2D eigenvalue weighted by Gasteiger charge is -2.30. The van der Waals surface area contributed by atoms with Crippen molar-refractivity contribution in [2.24, 2.45) is 11.7 Å². The van der Waals surface area contributed by atoms with E-state index in [4.69, 9.17) is 142 Å². The van der Waals surface area contributed by atoms with Crippen LogP contribution in [0.25, 0.3) is 11.2 Å². The van der Waals surface area contributed by atoms with Crippen LogP contribution in [0.3, 0.4) is 0 Å². The molecule has 15 unspecified atom stereocenters. The summed E-state index contributed by atoms with van der Waals surface area (Å²) >= 11 is 24.7. The SMILES string of the molecule is COC1C(OP(O)(=S)OCC2O[C@@H](n3cnc4c(=O)[nH]c(N)nc43)C[C@H]2OP(=O)(S)OCC2O[C@@H](n3cc(C)c(=O)[nH]c3=O)C[C@H]2OP(=S)(OCCOCCOCCN)OCC2O[C@@H](n3ccc(N)nc3=O)C[C@H]2C)C(COP(O)(=S)OC2C(CO)OC(n3cc(Br)c(=O)[nH]c3=O)C2OC)OC1n1ccc(N)nc1=O. The molecule has 6 aromatic rings. The number of halogens is 1. The summed E-state index contributed by atoms with van der Waals surface area (Å²) in [5, 5.41) is 10.4. The zero-order valence-corrected chi connectivity index (χ0v) is 66.9. The van der Waals surface area contributed by atoms with E-state index in [1.807, 2.05) is 6.92 Å². The monoisotopic (exact) mass is 1770 g/mol. The third-order valence-electron chi connectivity index (χ3n) is 17.7. The van der Waals surface area contributed by atoms with Gasteiger partial charge in [0.25, 0.3) is 16.7 Å². The molecule has 0 amide bonds. The molecule has 0 bridgehead atoms. The number of aromatic nitrogens is 12. The molecule has 0 aliphatic carbocycles. The second kappa shape index (κ2) is 36.9. The van der Waals surface area contributed by atoms with Crippen molar-refractivity contribution in [2.75, 3.05) is 104 Å². The number of aliphatic hydroxyl groups is 1. The van der Waals surface area contributed by atoms with E-state index in [2.05, 4.69) is 63.1 Å². The van der Waals surface area contributed by atoms with Crippen molar-refractivity contribution in [3.05, 3.63) is 126 Å². The Bertz CT molecular complexity index is 4910. The number of aromatic amines is 3.